The highest BCUT2D eigenvalue weighted by atomic mass is 16.4. The molecule has 0 fully saturated rings. The number of aliphatic carboxylic acids is 1. The summed E-state index contributed by atoms with van der Waals surface area (Å²) in [5, 5.41) is 8.53. The molecule has 0 saturated carbocycles. The molecule has 0 radical (unpaired) electrons. The molecule has 0 atom stereocenters. The van der Waals surface area contributed by atoms with Crippen molar-refractivity contribution >= 4 is 5.97 Å². The van der Waals surface area contributed by atoms with Crippen LogP contribution in [0.15, 0.2) is 36.5 Å². The average Bonchev–Trinajstić information content (AvgIpc) is 2.50. The molecule has 0 rings (SSSR count). The van der Waals surface area contributed by atoms with Gasteiger partial charge in [-0.1, -0.05) is 75.5 Å². The van der Waals surface area contributed by atoms with Crippen LogP contribution in [-0.4, -0.2) is 11.1 Å². The van der Waals surface area contributed by atoms with Crippen LogP contribution in [0.5, 0.6) is 0 Å². The first-order chi connectivity index (χ1) is 10.8. The molecule has 22 heavy (non-hydrogen) atoms. The van der Waals surface area contributed by atoms with Crippen LogP contribution in [0.25, 0.3) is 0 Å². The van der Waals surface area contributed by atoms with Gasteiger partial charge in [0.2, 0.25) is 0 Å². The number of allylic oxidation sites excluding steroid dienone is 6. The smallest absolute Gasteiger partial charge is 0.303 e. The second kappa shape index (κ2) is 17.7. The molecule has 1 N–H and O–H groups in total. The molecule has 0 aromatic carbocycles. The SMILES string of the molecule is CC/C=C/C/C=C\C/C=C/CCCCCCCCCC(=O)O. The Kier molecular flexibility index (Phi) is 16.7. The molecule has 2 heteroatoms. The monoisotopic (exact) mass is 306 g/mol. The molecule has 0 amide bonds. The van der Waals surface area contributed by atoms with Crippen molar-refractivity contribution in [2.24, 2.45) is 0 Å². The van der Waals surface area contributed by atoms with E-state index in [-0.39, 0.29) is 0 Å². The highest BCUT2D eigenvalue weighted by Crippen LogP contribution is 2.10. The highest BCUT2D eigenvalue weighted by molar-refractivity contribution is 5.66. The summed E-state index contributed by atoms with van der Waals surface area (Å²) in [5.41, 5.74) is 0. The van der Waals surface area contributed by atoms with Gasteiger partial charge in [0.05, 0.1) is 0 Å². The summed E-state index contributed by atoms with van der Waals surface area (Å²) in [6.07, 6.45) is 26.3. The van der Waals surface area contributed by atoms with Gasteiger partial charge in [-0.25, -0.2) is 0 Å². The molecule has 0 bridgehead atoms. The van der Waals surface area contributed by atoms with E-state index in [0.717, 1.165) is 32.1 Å². The fourth-order valence-electron chi connectivity index (χ4n) is 2.25. The zero-order valence-corrected chi connectivity index (χ0v) is 14.3. The second-order valence-electron chi connectivity index (χ2n) is 5.70. The van der Waals surface area contributed by atoms with Gasteiger partial charge in [0.25, 0.3) is 0 Å². The largest absolute Gasteiger partial charge is 0.481 e. The minimum Gasteiger partial charge on any atom is -0.481 e. The zero-order valence-electron chi connectivity index (χ0n) is 14.3. The number of hydrogen-bond donors (Lipinski definition) is 1. The van der Waals surface area contributed by atoms with E-state index >= 15 is 0 Å². The Morgan fingerprint density at radius 2 is 1.23 bits per heavy atom. The Bertz CT molecular complexity index is 327. The van der Waals surface area contributed by atoms with Crippen molar-refractivity contribution in [1.82, 2.24) is 0 Å². The third kappa shape index (κ3) is 18.7. The Morgan fingerprint density at radius 3 is 1.82 bits per heavy atom. The summed E-state index contributed by atoms with van der Waals surface area (Å²) in [6, 6.07) is 0. The molecule has 0 saturated heterocycles. The van der Waals surface area contributed by atoms with Crippen molar-refractivity contribution in [2.45, 2.75) is 84.0 Å². The number of unbranched alkanes of at least 4 members (excludes halogenated alkanes) is 7. The Morgan fingerprint density at radius 1 is 0.727 bits per heavy atom. The van der Waals surface area contributed by atoms with Gasteiger partial charge in [0.15, 0.2) is 0 Å². The molecule has 0 spiro atoms. The van der Waals surface area contributed by atoms with Crippen LogP contribution in [0.1, 0.15) is 84.0 Å². The van der Waals surface area contributed by atoms with Crippen LogP contribution in [0.2, 0.25) is 0 Å². The van der Waals surface area contributed by atoms with Gasteiger partial charge in [-0.2, -0.15) is 0 Å². The molecule has 126 valence electrons. The van der Waals surface area contributed by atoms with E-state index in [4.69, 9.17) is 5.11 Å². The molecule has 0 aliphatic rings. The van der Waals surface area contributed by atoms with Crippen LogP contribution in [-0.2, 0) is 4.79 Å². The molecule has 0 aromatic rings. The molecular formula is C20H34O2. The molecule has 0 aromatic heterocycles. The highest BCUT2D eigenvalue weighted by Gasteiger charge is 1.96. The predicted molar refractivity (Wildman–Crippen MR) is 96.1 cm³/mol. The number of hydrogen-bond acceptors (Lipinski definition) is 1. The van der Waals surface area contributed by atoms with E-state index < -0.39 is 5.97 Å². The minimum atomic E-state index is -0.668. The van der Waals surface area contributed by atoms with Crippen molar-refractivity contribution in [3.63, 3.8) is 0 Å². The van der Waals surface area contributed by atoms with Gasteiger partial charge in [0.1, 0.15) is 0 Å². The van der Waals surface area contributed by atoms with E-state index in [1.165, 1.54) is 38.5 Å². The topological polar surface area (TPSA) is 37.3 Å². The van der Waals surface area contributed by atoms with E-state index in [1.54, 1.807) is 0 Å². The van der Waals surface area contributed by atoms with Crippen LogP contribution in [0.4, 0.5) is 0 Å². The van der Waals surface area contributed by atoms with Gasteiger partial charge in [-0.15, -0.1) is 0 Å². The molecule has 0 aliphatic heterocycles. The van der Waals surface area contributed by atoms with Crippen LogP contribution >= 0.6 is 0 Å². The first-order valence-electron chi connectivity index (χ1n) is 8.94. The summed E-state index contributed by atoms with van der Waals surface area (Å²) >= 11 is 0. The molecular weight excluding hydrogens is 272 g/mol. The van der Waals surface area contributed by atoms with Crippen molar-refractivity contribution in [2.75, 3.05) is 0 Å². The summed E-state index contributed by atoms with van der Waals surface area (Å²) in [7, 11) is 0. The van der Waals surface area contributed by atoms with E-state index in [9.17, 15) is 4.79 Å². The zero-order chi connectivity index (χ0) is 16.3. The van der Waals surface area contributed by atoms with E-state index in [0.29, 0.717) is 6.42 Å². The Balaban J connectivity index is 3.20. The number of rotatable bonds is 15. The third-order valence-electron chi connectivity index (χ3n) is 3.54. The summed E-state index contributed by atoms with van der Waals surface area (Å²) in [6.45, 7) is 2.16. The Labute approximate surface area is 137 Å². The fourth-order valence-corrected chi connectivity index (χ4v) is 2.25. The minimum absolute atomic E-state index is 0.328. The first-order valence-corrected chi connectivity index (χ1v) is 8.94. The predicted octanol–water partition coefficient (Wildman–Crippen LogP) is 6.44. The molecule has 0 heterocycles. The molecule has 2 nitrogen and oxygen atoms in total. The van der Waals surface area contributed by atoms with Crippen molar-refractivity contribution in [3.8, 4) is 0 Å². The van der Waals surface area contributed by atoms with Crippen molar-refractivity contribution in [1.29, 1.82) is 0 Å². The third-order valence-corrected chi connectivity index (χ3v) is 3.54. The van der Waals surface area contributed by atoms with E-state index in [1.807, 2.05) is 0 Å². The average molecular weight is 306 g/mol. The van der Waals surface area contributed by atoms with Crippen LogP contribution < -0.4 is 0 Å². The lowest BCUT2D eigenvalue weighted by Gasteiger charge is -2.00. The van der Waals surface area contributed by atoms with Crippen molar-refractivity contribution < 1.29 is 9.90 Å². The molecule has 0 unspecified atom stereocenters. The maximum atomic E-state index is 10.3. The number of carboxylic acids is 1. The number of carboxylic acid groups (broad SMARTS) is 1. The van der Waals surface area contributed by atoms with Gasteiger partial charge < -0.3 is 5.11 Å². The summed E-state index contributed by atoms with van der Waals surface area (Å²) in [5.74, 6) is -0.668. The standard InChI is InChI=1S/C20H34O2/c1-2-3-4-5-6-7-8-9-10-11-12-13-14-15-16-17-18-19-20(21)22/h3-4,6-7,9-10H,2,5,8,11-19H2,1H3,(H,21,22)/b4-3+,7-6-,10-9+. The van der Waals surface area contributed by atoms with Gasteiger partial charge in [-0.3, -0.25) is 4.79 Å². The lowest BCUT2D eigenvalue weighted by atomic mass is 10.1. The van der Waals surface area contributed by atoms with Crippen molar-refractivity contribution in [3.05, 3.63) is 36.5 Å². The lowest BCUT2D eigenvalue weighted by Crippen LogP contribution is -1.93. The van der Waals surface area contributed by atoms with Crippen LogP contribution in [0, 0.1) is 0 Å². The first kappa shape index (κ1) is 20.7. The number of carbonyl (C=O) groups is 1. The maximum absolute atomic E-state index is 10.3. The van der Waals surface area contributed by atoms with Gasteiger partial charge >= 0.3 is 5.97 Å². The second-order valence-corrected chi connectivity index (χ2v) is 5.70. The molecule has 0 aliphatic carbocycles. The van der Waals surface area contributed by atoms with Crippen LogP contribution in [0.3, 0.4) is 0 Å². The quantitative estimate of drug-likeness (QED) is 0.279. The van der Waals surface area contributed by atoms with E-state index in [2.05, 4.69) is 43.4 Å². The lowest BCUT2D eigenvalue weighted by molar-refractivity contribution is -0.137. The maximum Gasteiger partial charge on any atom is 0.303 e. The summed E-state index contributed by atoms with van der Waals surface area (Å²) < 4.78 is 0. The summed E-state index contributed by atoms with van der Waals surface area (Å²) in [4.78, 5) is 10.3. The fraction of sp³-hybridized carbons (Fsp3) is 0.650. The normalized spacial score (nSPS) is 12.0. The van der Waals surface area contributed by atoms with Gasteiger partial charge in [-0.05, 0) is 38.5 Å². The Hall–Kier alpha value is -1.31. The van der Waals surface area contributed by atoms with Gasteiger partial charge in [0, 0.05) is 6.42 Å².